The first-order chi connectivity index (χ1) is 9.83. The van der Waals surface area contributed by atoms with Crippen molar-refractivity contribution < 1.29 is 4.74 Å². The molecule has 1 saturated carbocycles. The lowest BCUT2D eigenvalue weighted by Crippen LogP contribution is -2.32. The summed E-state index contributed by atoms with van der Waals surface area (Å²) in [6, 6.07) is 8.66. The molecule has 3 heteroatoms. The van der Waals surface area contributed by atoms with Crippen LogP contribution in [-0.2, 0) is 11.2 Å². The van der Waals surface area contributed by atoms with Crippen molar-refractivity contribution in [2.24, 2.45) is 5.92 Å². The van der Waals surface area contributed by atoms with Crippen LogP contribution in [0.25, 0.3) is 0 Å². The van der Waals surface area contributed by atoms with Gasteiger partial charge in [0.1, 0.15) is 0 Å². The third kappa shape index (κ3) is 3.55. The molecule has 1 aliphatic heterocycles. The molecule has 3 atom stereocenters. The Labute approximate surface area is 126 Å². The summed E-state index contributed by atoms with van der Waals surface area (Å²) in [7, 11) is 0. The fraction of sp³-hybridized carbons (Fsp3) is 0.647. The fourth-order valence-electron chi connectivity index (χ4n) is 3.48. The molecule has 0 amide bonds. The van der Waals surface area contributed by atoms with Crippen LogP contribution < -0.4 is 5.32 Å². The molecule has 2 nitrogen and oxygen atoms in total. The molecular formula is C17H24ClNO. The van der Waals surface area contributed by atoms with Crippen molar-refractivity contribution in [3.05, 3.63) is 35.4 Å². The average molecular weight is 294 g/mol. The van der Waals surface area contributed by atoms with Gasteiger partial charge in [0, 0.05) is 11.9 Å². The maximum absolute atomic E-state index is 6.25. The Kier molecular flexibility index (Phi) is 4.98. The predicted octanol–water partition coefficient (Wildman–Crippen LogP) is 3.69. The van der Waals surface area contributed by atoms with E-state index in [9.17, 15) is 0 Å². The fourth-order valence-corrected chi connectivity index (χ4v) is 3.88. The summed E-state index contributed by atoms with van der Waals surface area (Å²) in [5, 5.41) is 3.99. The number of hydrogen-bond acceptors (Lipinski definition) is 2. The third-order valence-corrected chi connectivity index (χ3v) is 4.97. The molecule has 1 fully saturated rings. The molecule has 0 bridgehead atoms. The number of rotatable bonds is 4. The Morgan fingerprint density at radius 2 is 2.10 bits per heavy atom. The van der Waals surface area contributed by atoms with E-state index in [1.807, 2.05) is 0 Å². The van der Waals surface area contributed by atoms with Crippen LogP contribution in [0.1, 0.15) is 42.9 Å². The van der Waals surface area contributed by atoms with Crippen molar-refractivity contribution in [3.63, 3.8) is 0 Å². The zero-order valence-electron chi connectivity index (χ0n) is 12.0. The van der Waals surface area contributed by atoms with E-state index in [0.717, 1.165) is 38.5 Å². The number of alkyl halides is 1. The Balaban J connectivity index is 1.49. The lowest BCUT2D eigenvalue weighted by atomic mass is 9.89. The van der Waals surface area contributed by atoms with Crippen LogP contribution in [0.3, 0.4) is 0 Å². The van der Waals surface area contributed by atoms with Crippen LogP contribution in [0.15, 0.2) is 24.3 Å². The first kappa shape index (κ1) is 14.4. The number of halogens is 1. The molecule has 0 radical (unpaired) electrons. The van der Waals surface area contributed by atoms with Crippen LogP contribution in [0.2, 0.25) is 0 Å². The van der Waals surface area contributed by atoms with Gasteiger partial charge in [-0.2, -0.15) is 0 Å². The Morgan fingerprint density at radius 1 is 1.20 bits per heavy atom. The van der Waals surface area contributed by atoms with Gasteiger partial charge < -0.3 is 10.1 Å². The quantitative estimate of drug-likeness (QED) is 0.855. The molecule has 2 aliphatic rings. The molecule has 1 heterocycles. The van der Waals surface area contributed by atoms with E-state index < -0.39 is 0 Å². The standard InChI is InChI=1S/C17H24ClNO/c18-15-6-3-4-13(10-15)11-19-12-17-16-7-2-1-5-14(16)8-9-20-17/h1-2,5,7,13,15,17,19H,3-4,6,8-12H2. The summed E-state index contributed by atoms with van der Waals surface area (Å²) in [4.78, 5) is 0. The number of benzene rings is 1. The highest BCUT2D eigenvalue weighted by Gasteiger charge is 2.22. The Hall–Kier alpha value is -0.570. The molecule has 20 heavy (non-hydrogen) atoms. The third-order valence-electron chi connectivity index (χ3n) is 4.57. The molecular weight excluding hydrogens is 270 g/mol. The second-order valence-electron chi connectivity index (χ2n) is 6.10. The van der Waals surface area contributed by atoms with Crippen LogP contribution in [0.5, 0.6) is 0 Å². The van der Waals surface area contributed by atoms with Gasteiger partial charge in [-0.3, -0.25) is 0 Å². The lowest BCUT2D eigenvalue weighted by molar-refractivity contribution is 0.0417. The maximum Gasteiger partial charge on any atom is 0.0952 e. The molecule has 0 saturated heterocycles. The van der Waals surface area contributed by atoms with Gasteiger partial charge >= 0.3 is 0 Å². The highest BCUT2D eigenvalue weighted by atomic mass is 35.5. The van der Waals surface area contributed by atoms with E-state index in [1.165, 1.54) is 30.4 Å². The van der Waals surface area contributed by atoms with Crippen LogP contribution in [-0.4, -0.2) is 25.1 Å². The number of fused-ring (bicyclic) bond motifs is 1. The van der Waals surface area contributed by atoms with Gasteiger partial charge in [-0.05, 0) is 49.3 Å². The second-order valence-corrected chi connectivity index (χ2v) is 6.71. The molecule has 1 aromatic carbocycles. The number of nitrogens with one attached hydrogen (secondary N) is 1. The zero-order valence-corrected chi connectivity index (χ0v) is 12.7. The summed E-state index contributed by atoms with van der Waals surface area (Å²) < 4.78 is 5.93. The summed E-state index contributed by atoms with van der Waals surface area (Å²) in [5.74, 6) is 0.741. The van der Waals surface area contributed by atoms with Crippen molar-refractivity contribution >= 4 is 11.6 Å². The minimum Gasteiger partial charge on any atom is -0.372 e. The minimum absolute atomic E-state index is 0.218. The Morgan fingerprint density at radius 3 is 3.00 bits per heavy atom. The maximum atomic E-state index is 6.25. The molecule has 1 aliphatic carbocycles. The van der Waals surface area contributed by atoms with Crippen molar-refractivity contribution in [2.45, 2.75) is 43.6 Å². The highest BCUT2D eigenvalue weighted by Crippen LogP contribution is 2.28. The summed E-state index contributed by atoms with van der Waals surface area (Å²) >= 11 is 6.25. The zero-order chi connectivity index (χ0) is 13.8. The number of hydrogen-bond donors (Lipinski definition) is 1. The smallest absolute Gasteiger partial charge is 0.0952 e. The van der Waals surface area contributed by atoms with Crippen LogP contribution in [0.4, 0.5) is 0 Å². The van der Waals surface area contributed by atoms with Crippen molar-refractivity contribution in [1.82, 2.24) is 5.32 Å². The van der Waals surface area contributed by atoms with E-state index in [-0.39, 0.29) is 6.10 Å². The van der Waals surface area contributed by atoms with Crippen molar-refractivity contribution in [1.29, 1.82) is 0 Å². The molecule has 110 valence electrons. The molecule has 3 unspecified atom stereocenters. The molecule has 0 aromatic heterocycles. The average Bonchev–Trinajstić information content (AvgIpc) is 2.48. The van der Waals surface area contributed by atoms with Gasteiger partial charge in [-0.15, -0.1) is 11.6 Å². The largest absolute Gasteiger partial charge is 0.372 e. The molecule has 0 spiro atoms. The van der Waals surface area contributed by atoms with E-state index in [1.54, 1.807) is 0 Å². The monoisotopic (exact) mass is 293 g/mol. The Bertz CT molecular complexity index is 437. The van der Waals surface area contributed by atoms with E-state index in [2.05, 4.69) is 29.6 Å². The summed E-state index contributed by atoms with van der Waals surface area (Å²) in [5.41, 5.74) is 2.81. The molecule has 3 rings (SSSR count). The lowest BCUT2D eigenvalue weighted by Gasteiger charge is -2.29. The van der Waals surface area contributed by atoms with Gasteiger partial charge in [0.2, 0.25) is 0 Å². The van der Waals surface area contributed by atoms with E-state index in [0.29, 0.717) is 5.38 Å². The van der Waals surface area contributed by atoms with Crippen molar-refractivity contribution in [2.75, 3.05) is 19.7 Å². The SMILES string of the molecule is ClC1CCCC(CNCC2OCCc3ccccc32)C1. The van der Waals surface area contributed by atoms with Gasteiger partial charge in [0.15, 0.2) is 0 Å². The summed E-state index contributed by atoms with van der Waals surface area (Å²) in [6.45, 7) is 2.84. The summed E-state index contributed by atoms with van der Waals surface area (Å²) in [6.07, 6.45) is 6.22. The van der Waals surface area contributed by atoms with Gasteiger partial charge in [-0.25, -0.2) is 0 Å². The van der Waals surface area contributed by atoms with E-state index >= 15 is 0 Å². The minimum atomic E-state index is 0.218. The van der Waals surface area contributed by atoms with Crippen LogP contribution in [0, 0.1) is 5.92 Å². The highest BCUT2D eigenvalue weighted by molar-refractivity contribution is 6.20. The second kappa shape index (κ2) is 6.93. The van der Waals surface area contributed by atoms with Gasteiger partial charge in [-0.1, -0.05) is 30.7 Å². The first-order valence-corrected chi connectivity index (χ1v) is 8.31. The van der Waals surface area contributed by atoms with Gasteiger partial charge in [0.05, 0.1) is 12.7 Å². The predicted molar refractivity (Wildman–Crippen MR) is 83.3 cm³/mol. The normalized spacial score (nSPS) is 29.9. The van der Waals surface area contributed by atoms with Gasteiger partial charge in [0.25, 0.3) is 0 Å². The topological polar surface area (TPSA) is 21.3 Å². The first-order valence-electron chi connectivity index (χ1n) is 7.87. The van der Waals surface area contributed by atoms with E-state index in [4.69, 9.17) is 16.3 Å². The number of ether oxygens (including phenoxy) is 1. The molecule has 1 aromatic rings. The van der Waals surface area contributed by atoms with Crippen molar-refractivity contribution in [3.8, 4) is 0 Å². The molecule has 1 N–H and O–H groups in total. The van der Waals surface area contributed by atoms with Crippen LogP contribution >= 0.6 is 11.6 Å².